The second-order valence-electron chi connectivity index (χ2n) is 9.64. The Morgan fingerprint density at radius 3 is 2.24 bits per heavy atom. The van der Waals surface area contributed by atoms with Crippen LogP contribution in [0, 0.1) is 0 Å². The van der Waals surface area contributed by atoms with E-state index in [4.69, 9.17) is 4.99 Å². The first-order valence-corrected chi connectivity index (χ1v) is 12.3. The molecular weight excluding hydrogens is 458 g/mol. The van der Waals surface area contributed by atoms with Gasteiger partial charge in [0.15, 0.2) is 5.88 Å². The molecule has 2 heterocycles. The van der Waals surface area contributed by atoms with Crippen molar-refractivity contribution in [1.29, 1.82) is 0 Å². The van der Waals surface area contributed by atoms with E-state index >= 15 is 0 Å². The van der Waals surface area contributed by atoms with Gasteiger partial charge in [-0.15, -0.1) is 0 Å². The minimum atomic E-state index is 0.0973. The molecule has 0 spiro atoms. The monoisotopic (exact) mass is 489 g/mol. The van der Waals surface area contributed by atoms with E-state index in [-0.39, 0.29) is 5.88 Å². The van der Waals surface area contributed by atoms with Crippen molar-refractivity contribution in [2.24, 2.45) is 4.99 Å². The molecule has 0 bridgehead atoms. The van der Waals surface area contributed by atoms with Gasteiger partial charge in [0.05, 0.1) is 17.0 Å². The van der Waals surface area contributed by atoms with Gasteiger partial charge < -0.3 is 19.9 Å². The molecule has 186 valence electrons. The number of hydrogen-bond acceptors (Lipinski definition) is 5. The minimum absolute atomic E-state index is 0.0973. The van der Waals surface area contributed by atoms with Crippen LogP contribution in [0.3, 0.4) is 0 Å². The number of anilines is 1. The summed E-state index contributed by atoms with van der Waals surface area (Å²) in [4.78, 5) is 16.8. The summed E-state index contributed by atoms with van der Waals surface area (Å²) < 4.78 is 0. The highest BCUT2D eigenvalue weighted by atomic mass is 16.3. The van der Waals surface area contributed by atoms with Gasteiger partial charge in [0.1, 0.15) is 5.82 Å². The number of aromatic amines is 1. The Balaban J connectivity index is 1.58. The number of nitrogens with zero attached hydrogens (tertiary/aromatic N) is 4. The van der Waals surface area contributed by atoms with Crippen molar-refractivity contribution in [1.82, 2.24) is 14.9 Å². The molecule has 3 aromatic carbocycles. The number of H-pyrrole nitrogens is 1. The van der Waals surface area contributed by atoms with Crippen LogP contribution in [0.25, 0.3) is 22.0 Å². The van der Waals surface area contributed by atoms with E-state index in [1.165, 1.54) is 5.56 Å². The van der Waals surface area contributed by atoms with Gasteiger partial charge in [-0.2, -0.15) is 0 Å². The van der Waals surface area contributed by atoms with Crippen molar-refractivity contribution in [3.8, 4) is 17.0 Å². The Bertz CT molecular complexity index is 1530. The molecule has 0 saturated carbocycles. The largest absolute Gasteiger partial charge is 0.494 e. The highest BCUT2D eigenvalue weighted by Crippen LogP contribution is 2.34. The number of hydrogen-bond donors (Lipinski definition) is 2. The van der Waals surface area contributed by atoms with E-state index in [9.17, 15) is 5.11 Å². The highest BCUT2D eigenvalue weighted by Gasteiger charge is 2.19. The molecule has 5 rings (SSSR count). The molecule has 0 radical (unpaired) electrons. The van der Waals surface area contributed by atoms with E-state index in [0.717, 1.165) is 51.4 Å². The lowest BCUT2D eigenvalue weighted by Gasteiger charge is -2.11. The van der Waals surface area contributed by atoms with Crippen molar-refractivity contribution < 1.29 is 5.11 Å². The van der Waals surface area contributed by atoms with Crippen LogP contribution in [0.1, 0.15) is 16.7 Å². The second kappa shape index (κ2) is 10.3. The van der Waals surface area contributed by atoms with Gasteiger partial charge in [-0.3, -0.25) is 0 Å². The fraction of sp³-hybridized carbons (Fsp3) is 0.161. The Morgan fingerprint density at radius 2 is 1.59 bits per heavy atom. The highest BCUT2D eigenvalue weighted by molar-refractivity contribution is 6.22. The average Bonchev–Trinajstić information content (AvgIpc) is 3.23. The molecule has 0 fully saturated rings. The summed E-state index contributed by atoms with van der Waals surface area (Å²) in [7, 11) is 8.06. The molecule has 0 atom stereocenters. The lowest BCUT2D eigenvalue weighted by atomic mass is 9.99. The quantitative estimate of drug-likeness (QED) is 0.266. The van der Waals surface area contributed by atoms with E-state index in [0.29, 0.717) is 5.56 Å². The van der Waals surface area contributed by atoms with Gasteiger partial charge in [0, 0.05) is 48.9 Å². The first-order valence-electron chi connectivity index (χ1n) is 12.3. The van der Waals surface area contributed by atoms with Crippen LogP contribution in [0.2, 0.25) is 0 Å². The van der Waals surface area contributed by atoms with Crippen LogP contribution in [0.5, 0.6) is 5.88 Å². The zero-order valence-corrected chi connectivity index (χ0v) is 21.6. The summed E-state index contributed by atoms with van der Waals surface area (Å²) in [6.45, 7) is 0.870. The molecule has 0 aliphatic heterocycles. The molecule has 5 aromatic rings. The Morgan fingerprint density at radius 1 is 0.865 bits per heavy atom. The lowest BCUT2D eigenvalue weighted by molar-refractivity contribution is 0.402. The first kappa shape index (κ1) is 24.3. The number of aliphatic imine (C=N–C) groups is 1. The van der Waals surface area contributed by atoms with Gasteiger partial charge in [-0.05, 0) is 55.6 Å². The standard InChI is InChI=1S/C31H31N5O/c1-35(2)20-21-10-14-25(15-11-21)33-30(22-8-6-5-7-9-22)29-26-16-12-23(18-27(26)34-31(29)37)24-13-17-28(32-19-24)36(3)4/h5-19,34,37H,20H2,1-4H3. The maximum Gasteiger partial charge on any atom is 0.199 e. The predicted octanol–water partition coefficient (Wildman–Crippen LogP) is 6.23. The van der Waals surface area contributed by atoms with Crippen molar-refractivity contribution in [2.75, 3.05) is 33.1 Å². The van der Waals surface area contributed by atoms with Crippen molar-refractivity contribution in [3.05, 3.63) is 108 Å². The predicted molar refractivity (Wildman–Crippen MR) is 153 cm³/mol. The smallest absolute Gasteiger partial charge is 0.199 e. The molecule has 0 aliphatic carbocycles. The summed E-state index contributed by atoms with van der Waals surface area (Å²) in [6, 6.07) is 28.4. The van der Waals surface area contributed by atoms with Gasteiger partial charge in [0.2, 0.25) is 0 Å². The summed E-state index contributed by atoms with van der Waals surface area (Å²) in [5, 5.41) is 12.0. The van der Waals surface area contributed by atoms with Crippen molar-refractivity contribution >= 4 is 28.1 Å². The van der Waals surface area contributed by atoms with Gasteiger partial charge >= 0.3 is 0 Å². The minimum Gasteiger partial charge on any atom is -0.494 e. The van der Waals surface area contributed by atoms with Gasteiger partial charge in [-0.1, -0.05) is 54.6 Å². The summed E-state index contributed by atoms with van der Waals surface area (Å²) in [6.07, 6.45) is 1.87. The summed E-state index contributed by atoms with van der Waals surface area (Å²) in [5.41, 5.74) is 7.26. The van der Waals surface area contributed by atoms with Crippen LogP contribution >= 0.6 is 0 Å². The number of aromatic nitrogens is 2. The third-order valence-electron chi connectivity index (χ3n) is 6.28. The number of nitrogens with one attached hydrogen (secondary N) is 1. The number of aromatic hydroxyl groups is 1. The lowest BCUT2D eigenvalue weighted by Crippen LogP contribution is -2.10. The summed E-state index contributed by atoms with van der Waals surface area (Å²) in [5.74, 6) is 1.00. The van der Waals surface area contributed by atoms with Crippen molar-refractivity contribution in [2.45, 2.75) is 6.54 Å². The van der Waals surface area contributed by atoms with Crippen LogP contribution in [-0.4, -0.2) is 53.9 Å². The maximum absolute atomic E-state index is 11.1. The third kappa shape index (κ3) is 5.25. The topological polar surface area (TPSA) is 67.8 Å². The van der Waals surface area contributed by atoms with Crippen molar-refractivity contribution in [3.63, 3.8) is 0 Å². The summed E-state index contributed by atoms with van der Waals surface area (Å²) >= 11 is 0. The SMILES string of the molecule is CN(C)Cc1ccc(N=C(c2ccccc2)c2c(O)[nH]c3cc(-c4ccc(N(C)C)nc4)ccc23)cc1. The molecule has 0 saturated heterocycles. The molecule has 6 heteroatoms. The van der Waals surface area contributed by atoms with E-state index < -0.39 is 0 Å². The number of rotatable bonds is 7. The molecule has 2 N–H and O–H groups in total. The molecule has 37 heavy (non-hydrogen) atoms. The van der Waals surface area contributed by atoms with Crippen LogP contribution < -0.4 is 4.90 Å². The first-order chi connectivity index (χ1) is 17.9. The number of pyridine rings is 1. The van der Waals surface area contributed by atoms with Crippen LogP contribution in [-0.2, 0) is 6.54 Å². The fourth-order valence-electron chi connectivity index (χ4n) is 4.45. The van der Waals surface area contributed by atoms with Crippen LogP contribution in [0.15, 0.2) is 96.1 Å². The molecule has 6 nitrogen and oxygen atoms in total. The molecule has 0 amide bonds. The Labute approximate surface area is 217 Å². The molecule has 0 aliphatic rings. The molecular formula is C31H31N5O. The van der Waals surface area contributed by atoms with E-state index in [1.807, 2.05) is 85.9 Å². The molecule has 0 unspecified atom stereocenters. The maximum atomic E-state index is 11.1. The zero-order valence-electron chi connectivity index (χ0n) is 21.6. The van der Waals surface area contributed by atoms with E-state index in [2.05, 4.69) is 53.2 Å². The Kier molecular flexibility index (Phi) is 6.75. The number of benzene rings is 3. The number of fused-ring (bicyclic) bond motifs is 1. The zero-order chi connectivity index (χ0) is 25.9. The normalized spacial score (nSPS) is 11.9. The molecule has 2 aromatic heterocycles. The van der Waals surface area contributed by atoms with Gasteiger partial charge in [0.25, 0.3) is 0 Å². The Hall–Kier alpha value is -4.42. The van der Waals surface area contributed by atoms with Crippen LogP contribution in [0.4, 0.5) is 11.5 Å². The fourth-order valence-corrected chi connectivity index (χ4v) is 4.45. The third-order valence-corrected chi connectivity index (χ3v) is 6.28. The van der Waals surface area contributed by atoms with Gasteiger partial charge in [-0.25, -0.2) is 9.98 Å². The second-order valence-corrected chi connectivity index (χ2v) is 9.64. The van der Waals surface area contributed by atoms with E-state index in [1.54, 1.807) is 0 Å². The average molecular weight is 490 g/mol.